The number of hydrogen-bond acceptors (Lipinski definition) is 4. The summed E-state index contributed by atoms with van der Waals surface area (Å²) in [5.41, 5.74) is 3.01. The highest BCUT2D eigenvalue weighted by molar-refractivity contribution is 6.04. The maximum absolute atomic E-state index is 12.3. The molecule has 0 bridgehead atoms. The first kappa shape index (κ1) is 18.3. The van der Waals surface area contributed by atoms with Crippen LogP contribution >= 0.6 is 0 Å². The molecule has 3 rings (SSSR count). The second kappa shape index (κ2) is 8.75. The number of benzene rings is 1. The number of aromatic nitrogens is 3. The smallest absolute Gasteiger partial charge is 0.276 e. The highest BCUT2D eigenvalue weighted by Gasteiger charge is 2.12. The van der Waals surface area contributed by atoms with Crippen LogP contribution in [0.4, 0.5) is 5.69 Å². The van der Waals surface area contributed by atoms with Gasteiger partial charge in [-0.1, -0.05) is 25.5 Å². The molecule has 0 saturated carbocycles. The third-order valence-corrected chi connectivity index (χ3v) is 3.92. The van der Waals surface area contributed by atoms with E-state index >= 15 is 0 Å². The molecule has 0 saturated heterocycles. The van der Waals surface area contributed by atoms with Crippen molar-refractivity contribution >= 4 is 17.5 Å². The Hall–Kier alpha value is -3.48. The van der Waals surface area contributed by atoms with E-state index in [0.29, 0.717) is 23.5 Å². The lowest BCUT2D eigenvalue weighted by Gasteiger charge is -2.07. The quantitative estimate of drug-likeness (QED) is 0.601. The maximum atomic E-state index is 12.3. The summed E-state index contributed by atoms with van der Waals surface area (Å²) in [6.45, 7) is 2.40. The molecule has 7 heteroatoms. The van der Waals surface area contributed by atoms with Crippen LogP contribution in [0.1, 0.15) is 45.6 Å². The van der Waals surface area contributed by atoms with Gasteiger partial charge in [0, 0.05) is 23.1 Å². The predicted molar refractivity (Wildman–Crippen MR) is 102 cm³/mol. The molecule has 0 fully saturated rings. The van der Waals surface area contributed by atoms with Crippen LogP contribution in [-0.2, 0) is 13.0 Å². The van der Waals surface area contributed by atoms with E-state index in [9.17, 15) is 9.59 Å². The van der Waals surface area contributed by atoms with Crippen molar-refractivity contribution in [2.75, 3.05) is 5.32 Å². The van der Waals surface area contributed by atoms with Gasteiger partial charge in [0.25, 0.3) is 11.8 Å². The van der Waals surface area contributed by atoms with Crippen LogP contribution in [0.3, 0.4) is 0 Å². The average Bonchev–Trinajstić information content (AvgIpc) is 3.16. The molecule has 3 N–H and O–H groups in total. The van der Waals surface area contributed by atoms with Gasteiger partial charge in [-0.05, 0) is 42.8 Å². The maximum Gasteiger partial charge on any atom is 0.276 e. The van der Waals surface area contributed by atoms with Gasteiger partial charge in [0.2, 0.25) is 0 Å². The minimum absolute atomic E-state index is 0.234. The summed E-state index contributed by atoms with van der Waals surface area (Å²) in [5.74, 6) is -0.554. The first-order valence-corrected chi connectivity index (χ1v) is 8.79. The van der Waals surface area contributed by atoms with Crippen molar-refractivity contribution in [2.24, 2.45) is 0 Å². The number of carbonyl (C=O) groups is 2. The number of H-pyrrole nitrogens is 1. The highest BCUT2D eigenvalue weighted by atomic mass is 16.2. The van der Waals surface area contributed by atoms with Gasteiger partial charge in [0.15, 0.2) is 5.69 Å². The Bertz CT molecular complexity index is 921. The Balaban J connectivity index is 1.62. The summed E-state index contributed by atoms with van der Waals surface area (Å²) >= 11 is 0. The molecule has 0 aliphatic rings. The molecule has 27 heavy (non-hydrogen) atoms. The zero-order valence-electron chi connectivity index (χ0n) is 15.0. The van der Waals surface area contributed by atoms with E-state index in [1.807, 2.05) is 18.2 Å². The fraction of sp³-hybridized carbons (Fsp3) is 0.200. The van der Waals surface area contributed by atoms with E-state index in [4.69, 9.17) is 0 Å². The fourth-order valence-electron chi connectivity index (χ4n) is 2.58. The number of nitrogens with zero attached hydrogens (tertiary/aromatic N) is 2. The zero-order valence-corrected chi connectivity index (χ0v) is 15.0. The summed E-state index contributed by atoms with van der Waals surface area (Å²) in [4.78, 5) is 28.8. The van der Waals surface area contributed by atoms with Crippen LogP contribution in [0.2, 0.25) is 0 Å². The molecule has 7 nitrogen and oxygen atoms in total. The molecular formula is C20H21N5O2. The van der Waals surface area contributed by atoms with Crippen molar-refractivity contribution in [3.05, 3.63) is 77.4 Å². The summed E-state index contributed by atoms with van der Waals surface area (Å²) in [6, 6.07) is 14.0. The number of amides is 2. The number of nitrogens with one attached hydrogen (secondary N) is 3. The van der Waals surface area contributed by atoms with Gasteiger partial charge in [-0.25, -0.2) is 0 Å². The number of carbonyl (C=O) groups excluding carboxylic acids is 2. The average molecular weight is 363 g/mol. The standard InChI is InChI=1S/C20H21N5O2/c1-2-6-16-12-18(25-24-16)20(27)23-15-9-5-7-14(11-15)19(26)22-13-17-8-3-4-10-21-17/h3-5,7-12H,2,6,13H2,1H3,(H,22,26)(H,23,27)(H,24,25). The summed E-state index contributed by atoms with van der Waals surface area (Å²) < 4.78 is 0. The topological polar surface area (TPSA) is 99.8 Å². The van der Waals surface area contributed by atoms with Gasteiger partial charge in [-0.15, -0.1) is 0 Å². The van der Waals surface area contributed by atoms with Crippen LogP contribution in [-0.4, -0.2) is 27.0 Å². The summed E-state index contributed by atoms with van der Waals surface area (Å²) in [5, 5.41) is 12.5. The first-order chi connectivity index (χ1) is 13.2. The fourth-order valence-corrected chi connectivity index (χ4v) is 2.58. The van der Waals surface area contributed by atoms with E-state index < -0.39 is 0 Å². The van der Waals surface area contributed by atoms with Crippen LogP contribution in [0.5, 0.6) is 0 Å². The van der Waals surface area contributed by atoms with E-state index in [1.54, 1.807) is 36.5 Å². The van der Waals surface area contributed by atoms with Crippen LogP contribution in [0.25, 0.3) is 0 Å². The highest BCUT2D eigenvalue weighted by Crippen LogP contribution is 2.13. The lowest BCUT2D eigenvalue weighted by atomic mass is 10.1. The number of aryl methyl sites for hydroxylation is 1. The molecule has 138 valence electrons. The second-order valence-corrected chi connectivity index (χ2v) is 6.07. The van der Waals surface area contributed by atoms with Gasteiger partial charge in [-0.3, -0.25) is 19.7 Å². The Morgan fingerprint density at radius 2 is 1.96 bits per heavy atom. The Kier molecular flexibility index (Phi) is 5.94. The van der Waals surface area contributed by atoms with Gasteiger partial charge in [0.1, 0.15) is 0 Å². The molecule has 1 aromatic carbocycles. The molecule has 3 aromatic rings. The molecule has 0 aliphatic heterocycles. The lowest BCUT2D eigenvalue weighted by molar-refractivity contribution is 0.0949. The van der Waals surface area contributed by atoms with Crippen molar-refractivity contribution < 1.29 is 9.59 Å². The van der Waals surface area contributed by atoms with E-state index in [0.717, 1.165) is 24.2 Å². The first-order valence-electron chi connectivity index (χ1n) is 8.79. The molecule has 2 aromatic heterocycles. The summed E-state index contributed by atoms with van der Waals surface area (Å²) in [6.07, 6.45) is 3.49. The SMILES string of the molecule is CCCc1cc(C(=O)Nc2cccc(C(=O)NCc3ccccn3)c2)n[nH]1. The molecule has 0 atom stereocenters. The minimum atomic E-state index is -0.320. The largest absolute Gasteiger partial charge is 0.346 e. The Morgan fingerprint density at radius 3 is 2.74 bits per heavy atom. The second-order valence-electron chi connectivity index (χ2n) is 6.07. The van der Waals surface area contributed by atoms with Gasteiger partial charge in [-0.2, -0.15) is 5.10 Å². The molecule has 0 aliphatic carbocycles. The Morgan fingerprint density at radius 1 is 1.07 bits per heavy atom. The zero-order chi connectivity index (χ0) is 19.1. The molecule has 0 unspecified atom stereocenters. The van der Waals surface area contributed by atoms with Crippen molar-refractivity contribution in [2.45, 2.75) is 26.3 Å². The monoisotopic (exact) mass is 363 g/mol. The Labute approximate surface area is 157 Å². The predicted octanol–water partition coefficient (Wildman–Crippen LogP) is 2.94. The van der Waals surface area contributed by atoms with Gasteiger partial charge < -0.3 is 10.6 Å². The lowest BCUT2D eigenvalue weighted by Crippen LogP contribution is -2.23. The van der Waals surface area contributed by atoms with Crippen molar-refractivity contribution in [3.63, 3.8) is 0 Å². The van der Waals surface area contributed by atoms with Crippen LogP contribution in [0, 0.1) is 0 Å². The van der Waals surface area contributed by atoms with Gasteiger partial charge in [0.05, 0.1) is 12.2 Å². The number of anilines is 1. The van der Waals surface area contributed by atoms with E-state index in [-0.39, 0.29) is 11.8 Å². The van der Waals surface area contributed by atoms with Crippen LogP contribution < -0.4 is 10.6 Å². The normalized spacial score (nSPS) is 10.4. The molecule has 2 amide bonds. The van der Waals surface area contributed by atoms with Crippen molar-refractivity contribution in [3.8, 4) is 0 Å². The van der Waals surface area contributed by atoms with Crippen molar-refractivity contribution in [1.82, 2.24) is 20.5 Å². The van der Waals surface area contributed by atoms with Crippen LogP contribution in [0.15, 0.2) is 54.7 Å². The third-order valence-electron chi connectivity index (χ3n) is 3.92. The number of aromatic amines is 1. The number of hydrogen-bond donors (Lipinski definition) is 3. The molecular weight excluding hydrogens is 342 g/mol. The van der Waals surface area contributed by atoms with Crippen molar-refractivity contribution in [1.29, 1.82) is 0 Å². The number of pyridine rings is 1. The minimum Gasteiger partial charge on any atom is -0.346 e. The molecule has 2 heterocycles. The molecule has 0 spiro atoms. The van der Waals surface area contributed by atoms with Gasteiger partial charge >= 0.3 is 0 Å². The summed E-state index contributed by atoms with van der Waals surface area (Å²) in [7, 11) is 0. The third kappa shape index (κ3) is 5.01. The molecule has 0 radical (unpaired) electrons. The van der Waals surface area contributed by atoms with E-state index in [2.05, 4.69) is 32.7 Å². The number of rotatable bonds is 7. The van der Waals surface area contributed by atoms with E-state index in [1.165, 1.54) is 0 Å².